The van der Waals surface area contributed by atoms with Gasteiger partial charge in [0.25, 0.3) is 0 Å². The van der Waals surface area contributed by atoms with Crippen molar-refractivity contribution in [2.24, 2.45) is 103 Å². The Hall–Kier alpha value is -4.21. The van der Waals surface area contributed by atoms with Gasteiger partial charge in [0.2, 0.25) is 5.91 Å². The van der Waals surface area contributed by atoms with Crippen molar-refractivity contribution in [2.45, 2.75) is 186 Å². The molecule has 5 saturated carbocycles. The number of aromatic amines is 2. The molecule has 7 aliphatic carbocycles. The molecular formula is C67H103N9O14. The number of carboxylic acids is 1. The molecule has 2 aromatic heterocycles. The van der Waals surface area contributed by atoms with Gasteiger partial charge in [0.05, 0.1) is 72.2 Å². The summed E-state index contributed by atoms with van der Waals surface area (Å²) in [4.78, 5) is 57.3. The number of aliphatic hydroxyl groups excluding tert-OH is 8. The number of nitrogens with two attached hydrogens (primary N) is 1. The van der Waals surface area contributed by atoms with Gasteiger partial charge in [-0.05, 0) is 140 Å². The summed E-state index contributed by atoms with van der Waals surface area (Å²) in [5, 5.41) is 122. The molecule has 17 N–H and O–H groups in total. The van der Waals surface area contributed by atoms with E-state index in [1.165, 1.54) is 6.33 Å². The third-order valence-electron chi connectivity index (χ3n) is 27.3. The molecule has 26 atom stereocenters. The number of H-pyrrole nitrogens is 2. The van der Waals surface area contributed by atoms with Crippen LogP contribution >= 0.6 is 0 Å². The van der Waals surface area contributed by atoms with Gasteiger partial charge in [-0.1, -0.05) is 78.2 Å². The van der Waals surface area contributed by atoms with Crippen LogP contribution in [0.2, 0.25) is 0 Å². The average molecular weight is 1260 g/mol. The number of aromatic nitrogens is 4. The van der Waals surface area contributed by atoms with Crippen LogP contribution in [0.25, 0.3) is 0 Å². The molecule has 7 fully saturated rings. The predicted octanol–water partition coefficient (Wildman–Crippen LogP) is 2.25. The number of hydrogen-bond donors (Lipinski definition) is 16. The molecule has 1 spiro atoms. The molecule has 90 heavy (non-hydrogen) atoms. The van der Waals surface area contributed by atoms with E-state index in [-0.39, 0.29) is 49.3 Å². The van der Waals surface area contributed by atoms with Gasteiger partial charge < -0.3 is 97.2 Å². The van der Waals surface area contributed by atoms with Crippen LogP contribution in [-0.2, 0) is 35.7 Å². The Morgan fingerprint density at radius 3 is 2.37 bits per heavy atom. The molecule has 12 rings (SSSR count). The van der Waals surface area contributed by atoms with Crippen LogP contribution in [0.1, 0.15) is 130 Å². The average Bonchev–Trinajstić information content (AvgIpc) is 0.782. The van der Waals surface area contributed by atoms with Crippen molar-refractivity contribution in [1.82, 2.24) is 35.9 Å². The Morgan fingerprint density at radius 2 is 1.68 bits per heavy atom. The summed E-state index contributed by atoms with van der Waals surface area (Å²) in [6, 6.07) is -0.882. The van der Waals surface area contributed by atoms with Crippen LogP contribution in [0.4, 0.5) is 5.82 Å². The van der Waals surface area contributed by atoms with Crippen molar-refractivity contribution in [1.29, 1.82) is 0 Å². The largest absolute Gasteiger partial charge is 0.481 e. The fourth-order valence-electron chi connectivity index (χ4n) is 22.5. The van der Waals surface area contributed by atoms with Crippen LogP contribution in [0.15, 0.2) is 42.7 Å². The molecule has 1 amide bonds. The highest BCUT2D eigenvalue weighted by Gasteiger charge is 2.79. The molecule has 26 unspecified atom stereocenters. The smallest absolute Gasteiger partial charge is 0.310 e. The van der Waals surface area contributed by atoms with Crippen LogP contribution in [0.3, 0.4) is 0 Å². The van der Waals surface area contributed by atoms with Crippen molar-refractivity contribution in [3.8, 4) is 0 Å². The van der Waals surface area contributed by atoms with E-state index in [1.807, 2.05) is 19.9 Å². The molecule has 500 valence electrons. The highest BCUT2D eigenvalue weighted by Crippen LogP contribution is 2.80. The van der Waals surface area contributed by atoms with Crippen LogP contribution in [0.5, 0.6) is 0 Å². The zero-order valence-corrected chi connectivity index (χ0v) is 53.4. The van der Waals surface area contributed by atoms with E-state index >= 15 is 4.79 Å². The topological polar surface area (TPSA) is 383 Å². The second-order valence-electron chi connectivity index (χ2n) is 31.1. The summed E-state index contributed by atoms with van der Waals surface area (Å²) in [5.41, 5.74) is 1.23. The van der Waals surface area contributed by atoms with Crippen molar-refractivity contribution in [2.75, 3.05) is 57.9 Å². The summed E-state index contributed by atoms with van der Waals surface area (Å²) >= 11 is 0. The number of fused-ring (bicyclic) bond motifs is 13. The maximum atomic E-state index is 15.7. The van der Waals surface area contributed by atoms with E-state index < -0.39 is 147 Å². The highest BCUT2D eigenvalue weighted by atomic mass is 16.7. The molecule has 2 saturated heterocycles. The number of nitrogens with one attached hydrogen (secondary N) is 6. The SMILES string of the molecule is CC(CC=O)CCNCCNCC(C(N)O)C(O)C1(c2cnc[nH]2)C=CC(C2C(O)C(OC3OCC(O)C(O)C3O)C(C)(CO)C3CCC4(C)C(CC=C5C6CC(C)(CO)CCC6(C(=O)O)C6CNc7nc[nH]c7CC6C54C)C23C)C2C1NC(=O)C21CCCC1. The van der Waals surface area contributed by atoms with Crippen LogP contribution in [0, 0.1) is 97.1 Å². The Kier molecular flexibility index (Phi) is 17.7. The number of allylic oxidation sites excluding steroid dienone is 3. The van der Waals surface area contributed by atoms with Crippen molar-refractivity contribution < 1.29 is 69.8 Å². The van der Waals surface area contributed by atoms with Crippen molar-refractivity contribution in [3.63, 3.8) is 0 Å². The van der Waals surface area contributed by atoms with Gasteiger partial charge in [-0.3, -0.25) is 9.59 Å². The van der Waals surface area contributed by atoms with Gasteiger partial charge in [0.1, 0.15) is 36.6 Å². The van der Waals surface area contributed by atoms with Gasteiger partial charge in [-0.25, -0.2) is 9.97 Å². The Labute approximate surface area is 528 Å². The van der Waals surface area contributed by atoms with Crippen LogP contribution in [-0.4, -0.2) is 192 Å². The number of ether oxygens (including phenoxy) is 2. The number of anilines is 1. The Bertz CT molecular complexity index is 3000. The first-order valence-corrected chi connectivity index (χ1v) is 33.7. The number of carbonyl (C=O) groups is 3. The predicted molar refractivity (Wildman–Crippen MR) is 330 cm³/mol. The Balaban J connectivity index is 1.03. The minimum absolute atomic E-state index is 0.0868. The maximum Gasteiger partial charge on any atom is 0.310 e. The van der Waals surface area contributed by atoms with Gasteiger partial charge in [-0.2, -0.15) is 0 Å². The number of nitrogens with zero attached hydrogens (tertiary/aromatic N) is 2. The fourth-order valence-corrected chi connectivity index (χ4v) is 22.5. The van der Waals surface area contributed by atoms with E-state index in [0.717, 1.165) is 36.8 Å². The molecule has 2 aromatic rings. The number of aliphatic carboxylic acids is 1. The van der Waals surface area contributed by atoms with E-state index in [1.54, 1.807) is 12.5 Å². The molecule has 23 nitrogen and oxygen atoms in total. The lowest BCUT2D eigenvalue weighted by molar-refractivity contribution is -0.344. The molecule has 23 heteroatoms. The van der Waals surface area contributed by atoms with Crippen LogP contribution < -0.4 is 27.0 Å². The third kappa shape index (κ3) is 9.58. The third-order valence-corrected chi connectivity index (χ3v) is 27.3. The summed E-state index contributed by atoms with van der Waals surface area (Å²) in [7, 11) is 0. The summed E-state index contributed by atoms with van der Waals surface area (Å²) in [5.74, 6) is -4.98. The summed E-state index contributed by atoms with van der Waals surface area (Å²) in [6.45, 7) is 14.4. The molecule has 0 bridgehead atoms. The molecule has 0 aromatic carbocycles. The zero-order chi connectivity index (χ0) is 64.3. The monoisotopic (exact) mass is 1260 g/mol. The number of amides is 1. The number of imidazole rings is 2. The van der Waals surface area contributed by atoms with E-state index in [4.69, 9.17) is 20.2 Å². The Morgan fingerprint density at radius 1 is 0.922 bits per heavy atom. The van der Waals surface area contributed by atoms with E-state index in [0.29, 0.717) is 102 Å². The number of hydrogen-bond acceptors (Lipinski definition) is 19. The maximum absolute atomic E-state index is 15.7. The second-order valence-corrected chi connectivity index (χ2v) is 31.1. The van der Waals surface area contributed by atoms with E-state index in [2.05, 4.69) is 76.1 Å². The molecule has 10 aliphatic rings. The number of carbonyl (C=O) groups excluding carboxylic acids is 2. The highest BCUT2D eigenvalue weighted by molar-refractivity contribution is 5.87. The zero-order valence-electron chi connectivity index (χ0n) is 53.4. The second kappa shape index (κ2) is 24.2. The van der Waals surface area contributed by atoms with E-state index in [9.17, 15) is 55.5 Å². The standard InChI is InChI=1S/C67H103N9O14/c1-35(14-24-77)13-21-69-22-23-70-27-37(55(68)85)53(84)67(46-29-71-33-74-46)18-11-36(48-52(67)76-58(86)65(48)15-7-8-16-65)47-50(82)54(90-57-51(83)49(81)43(80)30-89-57)61(3,32-79)44-12-17-62(4)45(63(44,47)5)10-9-38-40-26-60(2,31-78)19-20-66(40,59(87)88)41-28-72-56-42(73-34-75-56)25-39(41)64(38,62)6/h9,11,18,24,29,33-37,39-41,43-45,47-55,57,69-70,72,78-85H,7-8,10,12-17,19-23,25-28,30-32,68H2,1-6H3,(H,71,74)(H,73,75)(H,76,86)(H,87,88). The quantitative estimate of drug-likeness (QED) is 0.0297. The fraction of sp³-hybridized carbons (Fsp3) is 0.806. The van der Waals surface area contributed by atoms with Gasteiger partial charge in [0.15, 0.2) is 6.29 Å². The summed E-state index contributed by atoms with van der Waals surface area (Å²) in [6.07, 6.45) is 7.52. The van der Waals surface area contributed by atoms with Gasteiger partial charge in [-0.15, -0.1) is 0 Å². The molecular weight excluding hydrogens is 1150 g/mol. The number of rotatable bonds is 20. The molecule has 0 radical (unpaired) electrons. The van der Waals surface area contributed by atoms with Gasteiger partial charge >= 0.3 is 5.97 Å². The van der Waals surface area contributed by atoms with Crippen molar-refractivity contribution in [3.05, 3.63) is 54.0 Å². The number of aldehydes is 1. The first kappa shape index (κ1) is 65.8. The lowest BCUT2D eigenvalue weighted by Gasteiger charge is -2.76. The minimum Gasteiger partial charge on any atom is -0.481 e. The van der Waals surface area contributed by atoms with Gasteiger partial charge in [0, 0.05) is 68.3 Å². The molecule has 5 heterocycles. The lowest BCUT2D eigenvalue weighted by atomic mass is 9.28. The minimum atomic E-state index is -1.73. The lowest BCUT2D eigenvalue weighted by Crippen LogP contribution is -2.75. The van der Waals surface area contributed by atoms with Crippen molar-refractivity contribution >= 4 is 24.0 Å². The number of carboxylic acid groups (broad SMARTS) is 1. The summed E-state index contributed by atoms with van der Waals surface area (Å²) < 4.78 is 13.0. The first-order valence-electron chi connectivity index (χ1n) is 33.7. The normalized spacial score (nSPS) is 45.4. The molecule has 3 aliphatic heterocycles. The number of aliphatic hydroxyl groups is 8. The first-order chi connectivity index (χ1) is 42.8.